The Labute approximate surface area is 194 Å². The van der Waals surface area contributed by atoms with Crippen LogP contribution in [0.15, 0.2) is 72.8 Å². The SMILES string of the molecule is COc1ccc(C(=O)/C=C\Cc2ccc(/C=C\c3cc(OC)c(OC)c(OC)c3)cc2)cc1. The highest BCUT2D eigenvalue weighted by molar-refractivity contribution is 6.04. The van der Waals surface area contributed by atoms with Crippen LogP contribution in [0.5, 0.6) is 23.0 Å². The third kappa shape index (κ3) is 6.26. The molecule has 3 aromatic carbocycles. The zero-order valence-electron chi connectivity index (χ0n) is 19.3. The summed E-state index contributed by atoms with van der Waals surface area (Å²) in [7, 11) is 6.39. The fraction of sp³-hybridized carbons (Fsp3) is 0.179. The first kappa shape index (κ1) is 23.7. The number of carbonyl (C=O) groups excluding carboxylic acids is 1. The van der Waals surface area contributed by atoms with Crippen LogP contribution in [0.3, 0.4) is 0 Å². The first-order chi connectivity index (χ1) is 16.1. The van der Waals surface area contributed by atoms with Crippen molar-refractivity contribution in [3.8, 4) is 23.0 Å². The molecule has 0 heterocycles. The second kappa shape index (κ2) is 11.6. The highest BCUT2D eigenvalue weighted by Gasteiger charge is 2.11. The number of ether oxygens (including phenoxy) is 4. The Balaban J connectivity index is 1.62. The summed E-state index contributed by atoms with van der Waals surface area (Å²) in [4.78, 5) is 12.3. The van der Waals surface area contributed by atoms with Gasteiger partial charge >= 0.3 is 0 Å². The van der Waals surface area contributed by atoms with Gasteiger partial charge < -0.3 is 18.9 Å². The normalized spacial score (nSPS) is 11.0. The number of rotatable bonds is 10. The number of ketones is 1. The first-order valence-corrected chi connectivity index (χ1v) is 10.5. The summed E-state index contributed by atoms with van der Waals surface area (Å²) in [6, 6.07) is 19.1. The maximum Gasteiger partial charge on any atom is 0.203 e. The van der Waals surface area contributed by atoms with Gasteiger partial charge in [0.2, 0.25) is 5.75 Å². The Bertz CT molecular complexity index is 1100. The minimum absolute atomic E-state index is 0.0254. The highest BCUT2D eigenvalue weighted by atomic mass is 16.5. The van der Waals surface area contributed by atoms with Gasteiger partial charge in [0.25, 0.3) is 0 Å². The number of allylic oxidation sites excluding steroid dienone is 2. The lowest BCUT2D eigenvalue weighted by atomic mass is 10.1. The van der Waals surface area contributed by atoms with Crippen molar-refractivity contribution < 1.29 is 23.7 Å². The van der Waals surface area contributed by atoms with Gasteiger partial charge in [-0.2, -0.15) is 0 Å². The summed E-state index contributed by atoms with van der Waals surface area (Å²) in [5.74, 6) is 2.50. The van der Waals surface area contributed by atoms with Gasteiger partial charge in [-0.1, -0.05) is 42.5 Å². The van der Waals surface area contributed by atoms with E-state index in [1.165, 1.54) is 0 Å². The Kier molecular flexibility index (Phi) is 8.30. The molecule has 33 heavy (non-hydrogen) atoms. The molecule has 0 unspecified atom stereocenters. The number of methoxy groups -OCH3 is 4. The van der Waals surface area contributed by atoms with Gasteiger partial charge in [-0.3, -0.25) is 4.79 Å². The molecule has 3 rings (SSSR count). The summed E-state index contributed by atoms with van der Waals surface area (Å²) in [5, 5.41) is 0. The van der Waals surface area contributed by atoms with Crippen molar-refractivity contribution in [1.82, 2.24) is 0 Å². The van der Waals surface area contributed by atoms with Crippen LogP contribution in [0.1, 0.15) is 27.0 Å². The average molecular weight is 445 g/mol. The van der Waals surface area contributed by atoms with E-state index in [9.17, 15) is 4.79 Å². The average Bonchev–Trinajstić information content (AvgIpc) is 2.87. The van der Waals surface area contributed by atoms with Crippen molar-refractivity contribution in [1.29, 1.82) is 0 Å². The first-order valence-electron chi connectivity index (χ1n) is 10.5. The molecule has 5 nitrogen and oxygen atoms in total. The van der Waals surface area contributed by atoms with Gasteiger partial charge in [-0.25, -0.2) is 0 Å². The molecule has 0 N–H and O–H groups in total. The molecule has 0 aliphatic heterocycles. The topological polar surface area (TPSA) is 54.0 Å². The molecule has 0 amide bonds. The van der Waals surface area contributed by atoms with E-state index in [1.807, 2.05) is 42.5 Å². The second-order valence-electron chi connectivity index (χ2n) is 7.23. The largest absolute Gasteiger partial charge is 0.497 e. The lowest BCUT2D eigenvalue weighted by Gasteiger charge is -2.12. The molecule has 0 radical (unpaired) electrons. The van der Waals surface area contributed by atoms with E-state index in [2.05, 4.69) is 12.1 Å². The molecule has 0 aliphatic rings. The molecule has 0 atom stereocenters. The van der Waals surface area contributed by atoms with E-state index in [0.717, 1.165) is 22.4 Å². The molecule has 3 aromatic rings. The molecule has 0 saturated heterocycles. The number of benzene rings is 3. The van der Waals surface area contributed by atoms with Crippen molar-refractivity contribution in [2.75, 3.05) is 28.4 Å². The van der Waals surface area contributed by atoms with Crippen LogP contribution < -0.4 is 18.9 Å². The third-order valence-electron chi connectivity index (χ3n) is 5.13. The van der Waals surface area contributed by atoms with Crippen LogP contribution in [0.2, 0.25) is 0 Å². The van der Waals surface area contributed by atoms with E-state index >= 15 is 0 Å². The van der Waals surface area contributed by atoms with Crippen LogP contribution in [-0.4, -0.2) is 34.2 Å². The molecule has 0 bridgehead atoms. The number of hydrogen-bond acceptors (Lipinski definition) is 5. The van der Waals surface area contributed by atoms with Gasteiger partial charge in [0.05, 0.1) is 28.4 Å². The molecule has 170 valence electrons. The molecule has 0 aromatic heterocycles. The maximum atomic E-state index is 12.3. The predicted molar refractivity (Wildman–Crippen MR) is 132 cm³/mol. The molecule has 0 fully saturated rings. The Morgan fingerprint density at radius 3 is 1.88 bits per heavy atom. The molecular formula is C28H28O5. The smallest absolute Gasteiger partial charge is 0.203 e. The summed E-state index contributed by atoms with van der Waals surface area (Å²) in [6.45, 7) is 0. The monoisotopic (exact) mass is 444 g/mol. The molecular weight excluding hydrogens is 416 g/mol. The van der Waals surface area contributed by atoms with Crippen LogP contribution in [-0.2, 0) is 6.42 Å². The van der Waals surface area contributed by atoms with Gasteiger partial charge in [0.15, 0.2) is 17.3 Å². The van der Waals surface area contributed by atoms with Gasteiger partial charge in [0.1, 0.15) is 5.75 Å². The van der Waals surface area contributed by atoms with E-state index in [-0.39, 0.29) is 5.78 Å². The second-order valence-corrected chi connectivity index (χ2v) is 7.23. The molecule has 0 spiro atoms. The zero-order valence-corrected chi connectivity index (χ0v) is 19.3. The fourth-order valence-corrected chi connectivity index (χ4v) is 3.31. The van der Waals surface area contributed by atoms with Crippen LogP contribution in [0, 0.1) is 0 Å². The molecule has 0 saturated carbocycles. The highest BCUT2D eigenvalue weighted by Crippen LogP contribution is 2.38. The number of hydrogen-bond donors (Lipinski definition) is 0. The fourth-order valence-electron chi connectivity index (χ4n) is 3.31. The van der Waals surface area contributed by atoms with E-state index in [4.69, 9.17) is 18.9 Å². The standard InChI is InChI=1S/C28H28O5/c1-30-24-16-14-23(15-17-24)25(29)7-5-6-20-8-10-21(11-9-20)12-13-22-18-26(31-2)28(33-4)27(19-22)32-3/h5,7-19H,6H2,1-4H3/b7-5-,13-12-. The minimum atomic E-state index is -0.0254. The van der Waals surface area contributed by atoms with Crippen LogP contribution in [0.4, 0.5) is 0 Å². The summed E-state index contributed by atoms with van der Waals surface area (Å²) >= 11 is 0. The maximum absolute atomic E-state index is 12.3. The van der Waals surface area contributed by atoms with Crippen molar-refractivity contribution in [3.63, 3.8) is 0 Å². The Morgan fingerprint density at radius 2 is 1.33 bits per heavy atom. The van der Waals surface area contributed by atoms with E-state index in [1.54, 1.807) is 58.8 Å². The quantitative estimate of drug-likeness (QED) is 0.222. The minimum Gasteiger partial charge on any atom is -0.497 e. The molecule has 0 aliphatic carbocycles. The van der Waals surface area contributed by atoms with E-state index in [0.29, 0.717) is 29.2 Å². The summed E-state index contributed by atoms with van der Waals surface area (Å²) < 4.78 is 21.3. The Morgan fingerprint density at radius 1 is 0.727 bits per heavy atom. The number of carbonyl (C=O) groups is 1. The Hall–Kier alpha value is -3.99. The van der Waals surface area contributed by atoms with Crippen LogP contribution in [0.25, 0.3) is 12.2 Å². The van der Waals surface area contributed by atoms with Crippen molar-refractivity contribution in [3.05, 3.63) is 95.1 Å². The predicted octanol–water partition coefficient (Wildman–Crippen LogP) is 5.87. The zero-order chi connectivity index (χ0) is 23.6. The third-order valence-corrected chi connectivity index (χ3v) is 5.13. The van der Waals surface area contributed by atoms with Crippen molar-refractivity contribution in [2.45, 2.75) is 6.42 Å². The van der Waals surface area contributed by atoms with Gasteiger partial charge in [0, 0.05) is 5.56 Å². The van der Waals surface area contributed by atoms with Gasteiger partial charge in [-0.05, 0) is 65.6 Å². The summed E-state index contributed by atoms with van der Waals surface area (Å²) in [6.07, 6.45) is 8.19. The van der Waals surface area contributed by atoms with Crippen molar-refractivity contribution in [2.24, 2.45) is 0 Å². The summed E-state index contributed by atoms with van der Waals surface area (Å²) in [5.41, 5.74) is 3.76. The van der Waals surface area contributed by atoms with E-state index < -0.39 is 0 Å². The lowest BCUT2D eigenvalue weighted by Crippen LogP contribution is -1.95. The van der Waals surface area contributed by atoms with Crippen LogP contribution >= 0.6 is 0 Å². The molecule has 5 heteroatoms. The lowest BCUT2D eigenvalue weighted by molar-refractivity contribution is 0.104. The van der Waals surface area contributed by atoms with Crippen molar-refractivity contribution >= 4 is 17.9 Å². The van der Waals surface area contributed by atoms with Gasteiger partial charge in [-0.15, -0.1) is 0 Å².